The molecule has 1 aromatic rings. The molecule has 6 nitrogen and oxygen atoms in total. The van der Waals surface area contributed by atoms with Gasteiger partial charge in [-0.05, 0) is 38.1 Å². The first-order valence-corrected chi connectivity index (χ1v) is 9.07. The van der Waals surface area contributed by atoms with Gasteiger partial charge in [0.15, 0.2) is 0 Å². The number of carbonyl (C=O) groups is 2. The topological polar surface area (TPSA) is 70.1 Å². The van der Waals surface area contributed by atoms with Crippen LogP contribution in [-0.2, 0) is 9.59 Å². The number of likely N-dealkylation sites (tertiary alicyclic amines) is 2. The van der Waals surface area contributed by atoms with Crippen molar-refractivity contribution >= 4 is 11.9 Å². The lowest BCUT2D eigenvalue weighted by Gasteiger charge is -2.39. The third kappa shape index (κ3) is 4.31. The van der Waals surface area contributed by atoms with Crippen LogP contribution in [0, 0.1) is 0 Å². The Kier molecular flexibility index (Phi) is 5.58. The third-order valence-electron chi connectivity index (χ3n) is 5.21. The third-order valence-corrected chi connectivity index (χ3v) is 5.21. The fourth-order valence-corrected chi connectivity index (χ4v) is 3.61. The molecule has 0 bridgehead atoms. The second-order valence-corrected chi connectivity index (χ2v) is 6.89. The number of carboxylic acid groups (broad SMARTS) is 1. The summed E-state index contributed by atoms with van der Waals surface area (Å²) in [5, 5.41) is 9.69. The van der Waals surface area contributed by atoms with Crippen molar-refractivity contribution in [2.75, 3.05) is 32.7 Å². The largest absolute Gasteiger partial charge is 0.478 e. The number of hydrogen-bond acceptors (Lipinski definition) is 4. The van der Waals surface area contributed by atoms with Gasteiger partial charge >= 0.3 is 5.97 Å². The average molecular weight is 346 g/mol. The van der Waals surface area contributed by atoms with E-state index >= 15 is 0 Å². The number of para-hydroxylation sites is 1. The van der Waals surface area contributed by atoms with Crippen molar-refractivity contribution in [2.45, 2.75) is 37.7 Å². The molecule has 2 saturated heterocycles. The van der Waals surface area contributed by atoms with Crippen LogP contribution in [0.1, 0.15) is 32.1 Å². The van der Waals surface area contributed by atoms with Gasteiger partial charge in [0.05, 0.1) is 0 Å². The second-order valence-electron chi connectivity index (χ2n) is 6.89. The number of amides is 1. The normalized spacial score (nSPS) is 20.4. The van der Waals surface area contributed by atoms with Crippen LogP contribution >= 0.6 is 0 Å². The average Bonchev–Trinajstić information content (AvgIpc) is 3.14. The van der Waals surface area contributed by atoms with Crippen LogP contribution in [-0.4, -0.2) is 65.1 Å². The van der Waals surface area contributed by atoms with E-state index in [0.717, 1.165) is 19.6 Å². The highest BCUT2D eigenvalue weighted by atomic mass is 16.5. The first-order chi connectivity index (χ1) is 12.1. The quantitative estimate of drug-likeness (QED) is 0.853. The minimum atomic E-state index is -1.24. The van der Waals surface area contributed by atoms with E-state index in [1.54, 1.807) is 17.0 Å². The SMILES string of the molecule is O=C(CCN1CCCC1)N1CCC(Oc2ccccc2)(C(=O)O)CC1. The van der Waals surface area contributed by atoms with E-state index in [0.29, 0.717) is 38.1 Å². The van der Waals surface area contributed by atoms with Crippen LogP contribution < -0.4 is 4.74 Å². The Bertz CT molecular complexity index is 591. The lowest BCUT2D eigenvalue weighted by atomic mass is 9.91. The van der Waals surface area contributed by atoms with Gasteiger partial charge in [-0.15, -0.1) is 0 Å². The predicted octanol–water partition coefficient (Wildman–Crippen LogP) is 2.00. The van der Waals surface area contributed by atoms with Crippen LogP contribution in [0.2, 0.25) is 0 Å². The Morgan fingerprint density at radius 2 is 1.68 bits per heavy atom. The van der Waals surface area contributed by atoms with Crippen molar-refractivity contribution in [3.8, 4) is 5.75 Å². The molecule has 136 valence electrons. The number of carboxylic acids is 1. The van der Waals surface area contributed by atoms with Gasteiger partial charge in [0.2, 0.25) is 11.5 Å². The molecule has 2 aliphatic heterocycles. The van der Waals surface area contributed by atoms with E-state index in [1.807, 2.05) is 18.2 Å². The molecule has 25 heavy (non-hydrogen) atoms. The molecule has 0 spiro atoms. The number of carbonyl (C=O) groups excluding carboxylic acids is 1. The number of hydrogen-bond donors (Lipinski definition) is 1. The summed E-state index contributed by atoms with van der Waals surface area (Å²) in [6.07, 6.45) is 3.57. The Hall–Kier alpha value is -2.08. The minimum absolute atomic E-state index is 0.116. The Morgan fingerprint density at radius 3 is 2.28 bits per heavy atom. The van der Waals surface area contributed by atoms with Crippen LogP contribution in [0.3, 0.4) is 0 Å². The number of benzene rings is 1. The van der Waals surface area contributed by atoms with Crippen LogP contribution in [0.15, 0.2) is 30.3 Å². The number of aliphatic carboxylic acids is 1. The molecule has 0 unspecified atom stereocenters. The highest BCUT2D eigenvalue weighted by molar-refractivity contribution is 5.80. The van der Waals surface area contributed by atoms with Crippen molar-refractivity contribution in [3.05, 3.63) is 30.3 Å². The van der Waals surface area contributed by atoms with E-state index in [1.165, 1.54) is 12.8 Å². The first kappa shape index (κ1) is 17.7. The first-order valence-electron chi connectivity index (χ1n) is 9.07. The molecule has 2 aliphatic rings. The minimum Gasteiger partial charge on any atom is -0.478 e. The molecule has 2 fully saturated rings. The summed E-state index contributed by atoms with van der Waals surface area (Å²) in [7, 11) is 0. The van der Waals surface area contributed by atoms with Gasteiger partial charge < -0.3 is 19.6 Å². The van der Waals surface area contributed by atoms with Crippen molar-refractivity contribution in [2.24, 2.45) is 0 Å². The maximum atomic E-state index is 12.4. The van der Waals surface area contributed by atoms with E-state index < -0.39 is 11.6 Å². The maximum absolute atomic E-state index is 12.4. The Morgan fingerprint density at radius 1 is 1.04 bits per heavy atom. The lowest BCUT2D eigenvalue weighted by molar-refractivity contribution is -0.161. The number of piperidine rings is 1. The summed E-state index contributed by atoms with van der Waals surface area (Å²) < 4.78 is 5.83. The van der Waals surface area contributed by atoms with Gasteiger partial charge in [-0.25, -0.2) is 4.79 Å². The number of ether oxygens (including phenoxy) is 1. The van der Waals surface area contributed by atoms with E-state index in [2.05, 4.69) is 4.90 Å². The van der Waals surface area contributed by atoms with Crippen molar-refractivity contribution < 1.29 is 19.4 Å². The number of rotatable bonds is 6. The molecule has 0 atom stereocenters. The lowest BCUT2D eigenvalue weighted by Crippen LogP contribution is -2.54. The van der Waals surface area contributed by atoms with Crippen LogP contribution in [0.25, 0.3) is 0 Å². The van der Waals surface area contributed by atoms with E-state index in [4.69, 9.17) is 4.74 Å². The fraction of sp³-hybridized carbons (Fsp3) is 0.579. The second kappa shape index (κ2) is 7.87. The highest BCUT2D eigenvalue weighted by Crippen LogP contribution is 2.29. The highest BCUT2D eigenvalue weighted by Gasteiger charge is 2.44. The number of nitrogens with zero attached hydrogens (tertiary/aromatic N) is 2. The smallest absolute Gasteiger partial charge is 0.348 e. The zero-order chi connectivity index (χ0) is 17.7. The van der Waals surface area contributed by atoms with E-state index in [-0.39, 0.29) is 5.91 Å². The summed E-state index contributed by atoms with van der Waals surface area (Å²) in [5.74, 6) is -0.287. The summed E-state index contributed by atoms with van der Waals surface area (Å²) in [5.41, 5.74) is -1.24. The van der Waals surface area contributed by atoms with Gasteiger partial charge in [0.25, 0.3) is 0 Å². The predicted molar refractivity (Wildman–Crippen MR) is 93.5 cm³/mol. The molecule has 1 amide bonds. The molecule has 1 aromatic carbocycles. The molecule has 0 radical (unpaired) electrons. The molecule has 6 heteroatoms. The molecule has 1 N–H and O–H groups in total. The Balaban J connectivity index is 1.54. The zero-order valence-corrected chi connectivity index (χ0v) is 14.5. The summed E-state index contributed by atoms with van der Waals surface area (Å²) in [6.45, 7) is 3.83. The summed E-state index contributed by atoms with van der Waals surface area (Å²) >= 11 is 0. The van der Waals surface area contributed by atoms with E-state index in [9.17, 15) is 14.7 Å². The van der Waals surface area contributed by atoms with Gasteiger partial charge in [-0.1, -0.05) is 18.2 Å². The van der Waals surface area contributed by atoms with Crippen molar-refractivity contribution in [1.29, 1.82) is 0 Å². The van der Waals surface area contributed by atoms with Crippen molar-refractivity contribution in [1.82, 2.24) is 9.80 Å². The molecule has 0 saturated carbocycles. The summed E-state index contributed by atoms with van der Waals surface area (Å²) in [4.78, 5) is 28.3. The monoisotopic (exact) mass is 346 g/mol. The standard InChI is InChI=1S/C19H26N2O4/c22-17(8-13-20-11-4-5-12-20)21-14-9-19(10-15-21,18(23)24)25-16-6-2-1-3-7-16/h1-3,6-7H,4-5,8-15H2,(H,23,24). The molecule has 2 heterocycles. The van der Waals surface area contributed by atoms with Crippen molar-refractivity contribution in [3.63, 3.8) is 0 Å². The summed E-state index contributed by atoms with van der Waals surface area (Å²) in [6, 6.07) is 9.03. The van der Waals surface area contributed by atoms with Crippen LogP contribution in [0.4, 0.5) is 0 Å². The van der Waals surface area contributed by atoms with Gasteiger partial charge in [-0.2, -0.15) is 0 Å². The van der Waals surface area contributed by atoms with Gasteiger partial charge in [-0.3, -0.25) is 4.79 Å². The maximum Gasteiger partial charge on any atom is 0.348 e. The molecule has 0 aliphatic carbocycles. The fourth-order valence-electron chi connectivity index (χ4n) is 3.61. The molecular weight excluding hydrogens is 320 g/mol. The molecule has 0 aromatic heterocycles. The zero-order valence-electron chi connectivity index (χ0n) is 14.5. The van der Waals surface area contributed by atoms with Gasteiger partial charge in [0.1, 0.15) is 5.75 Å². The molecular formula is C19H26N2O4. The van der Waals surface area contributed by atoms with Crippen LogP contribution in [0.5, 0.6) is 5.75 Å². The van der Waals surface area contributed by atoms with Gasteiger partial charge in [0, 0.05) is 38.9 Å². The Labute approximate surface area is 148 Å². The molecule has 3 rings (SSSR count).